The number of carbonyl (C=O) groups is 1. The van der Waals surface area contributed by atoms with E-state index in [1.54, 1.807) is 38.1 Å². The lowest BCUT2D eigenvalue weighted by molar-refractivity contribution is -0.113. The molecule has 1 amide bonds. The Bertz CT molecular complexity index is 1150. The van der Waals surface area contributed by atoms with Crippen LogP contribution in [0.5, 0.6) is 0 Å². The molecule has 0 aliphatic heterocycles. The maximum Gasteiger partial charge on any atom is 0.277 e. The molecular weight excluding hydrogens is 462 g/mol. The molecule has 0 atom stereocenters. The molecule has 0 bridgehead atoms. The fraction of sp³-hybridized carbons (Fsp3) is 0.263. The van der Waals surface area contributed by atoms with Gasteiger partial charge in [0.15, 0.2) is 0 Å². The molecule has 3 rings (SSSR count). The number of hydrogen-bond donors (Lipinski definition) is 1. The van der Waals surface area contributed by atoms with E-state index in [2.05, 4.69) is 20.5 Å². The molecule has 0 aliphatic carbocycles. The van der Waals surface area contributed by atoms with Crippen molar-refractivity contribution in [1.29, 1.82) is 0 Å². The van der Waals surface area contributed by atoms with Crippen LogP contribution in [0.25, 0.3) is 11.5 Å². The summed E-state index contributed by atoms with van der Waals surface area (Å²) in [7, 11) is -3.61. The first-order valence-corrected chi connectivity index (χ1v) is 12.1. The van der Waals surface area contributed by atoms with E-state index in [1.165, 1.54) is 22.6 Å². The van der Waals surface area contributed by atoms with E-state index in [1.807, 2.05) is 0 Å². The van der Waals surface area contributed by atoms with Gasteiger partial charge in [-0.2, -0.15) is 4.31 Å². The Morgan fingerprint density at radius 2 is 1.97 bits per heavy atom. The summed E-state index contributed by atoms with van der Waals surface area (Å²) in [5.41, 5.74) is 0.474. The molecule has 3 aromatic rings. The standard InChI is InChI=1S/C19H20ClN5O4S2/c1-3-25(4-2)31(27,28)15-7-5-6-13(10-15)18-23-24-19(29-18)30-12-17(26)22-16-9-8-14(20)11-21-16/h5-11H,3-4,12H2,1-2H3,(H,21,22,26). The number of halogens is 1. The maximum absolute atomic E-state index is 12.7. The molecule has 2 heterocycles. The number of pyridine rings is 1. The van der Waals surface area contributed by atoms with Crippen molar-refractivity contribution in [2.45, 2.75) is 24.0 Å². The van der Waals surface area contributed by atoms with Gasteiger partial charge >= 0.3 is 0 Å². The van der Waals surface area contributed by atoms with E-state index in [0.717, 1.165) is 11.8 Å². The van der Waals surface area contributed by atoms with Crippen LogP contribution in [0, 0.1) is 0 Å². The number of anilines is 1. The molecule has 1 aromatic carbocycles. The number of benzene rings is 1. The van der Waals surface area contributed by atoms with Gasteiger partial charge in [-0.25, -0.2) is 13.4 Å². The summed E-state index contributed by atoms with van der Waals surface area (Å²) < 4.78 is 32.4. The first-order valence-electron chi connectivity index (χ1n) is 9.31. The van der Waals surface area contributed by atoms with Crippen molar-refractivity contribution in [1.82, 2.24) is 19.5 Å². The molecule has 0 radical (unpaired) electrons. The molecule has 9 nitrogen and oxygen atoms in total. The number of carbonyl (C=O) groups excluding carboxylic acids is 1. The van der Waals surface area contributed by atoms with Gasteiger partial charge in [-0.15, -0.1) is 10.2 Å². The lowest BCUT2D eigenvalue weighted by Gasteiger charge is -2.18. The summed E-state index contributed by atoms with van der Waals surface area (Å²) in [6, 6.07) is 9.54. The summed E-state index contributed by atoms with van der Waals surface area (Å²) >= 11 is 6.82. The molecule has 0 spiro atoms. The number of rotatable bonds is 9. The zero-order valence-corrected chi connectivity index (χ0v) is 19.2. The second-order valence-electron chi connectivity index (χ2n) is 6.19. The van der Waals surface area contributed by atoms with E-state index in [-0.39, 0.29) is 27.7 Å². The van der Waals surface area contributed by atoms with Gasteiger partial charge in [-0.3, -0.25) is 4.79 Å². The van der Waals surface area contributed by atoms with Crippen molar-refractivity contribution in [3.8, 4) is 11.5 Å². The van der Waals surface area contributed by atoms with Gasteiger partial charge in [0.05, 0.1) is 15.7 Å². The Morgan fingerprint density at radius 3 is 2.65 bits per heavy atom. The maximum atomic E-state index is 12.7. The molecule has 0 fully saturated rings. The molecule has 0 unspecified atom stereocenters. The number of nitrogens with zero attached hydrogens (tertiary/aromatic N) is 4. The second kappa shape index (κ2) is 10.2. The highest BCUT2D eigenvalue weighted by Gasteiger charge is 2.22. The van der Waals surface area contributed by atoms with Gasteiger partial charge < -0.3 is 9.73 Å². The first-order chi connectivity index (χ1) is 14.8. The predicted octanol–water partition coefficient (Wildman–Crippen LogP) is 3.55. The molecule has 1 N–H and O–H groups in total. The third-order valence-electron chi connectivity index (χ3n) is 4.15. The van der Waals surface area contributed by atoms with E-state index in [9.17, 15) is 13.2 Å². The Kier molecular flexibility index (Phi) is 7.65. The van der Waals surface area contributed by atoms with E-state index in [4.69, 9.17) is 16.0 Å². The van der Waals surface area contributed by atoms with Gasteiger partial charge in [-0.05, 0) is 30.3 Å². The van der Waals surface area contributed by atoms with Crippen LogP contribution in [0.4, 0.5) is 5.82 Å². The topological polar surface area (TPSA) is 118 Å². The van der Waals surface area contributed by atoms with E-state index in [0.29, 0.717) is 29.5 Å². The Morgan fingerprint density at radius 1 is 1.19 bits per heavy atom. The van der Waals surface area contributed by atoms with Crippen LogP contribution in [-0.2, 0) is 14.8 Å². The third kappa shape index (κ3) is 5.82. The monoisotopic (exact) mass is 481 g/mol. The van der Waals surface area contributed by atoms with Crippen LogP contribution < -0.4 is 5.32 Å². The van der Waals surface area contributed by atoms with E-state index >= 15 is 0 Å². The molecule has 164 valence electrons. The minimum absolute atomic E-state index is 0.0301. The minimum Gasteiger partial charge on any atom is -0.411 e. The first kappa shape index (κ1) is 23.2. The summed E-state index contributed by atoms with van der Waals surface area (Å²) in [5, 5.41) is 11.2. The number of amides is 1. The second-order valence-corrected chi connectivity index (χ2v) is 9.49. The van der Waals surface area contributed by atoms with Crippen molar-refractivity contribution >= 4 is 45.1 Å². The number of sulfonamides is 1. The molecule has 12 heteroatoms. The molecule has 2 aromatic heterocycles. The molecule has 0 saturated heterocycles. The van der Waals surface area contributed by atoms with Gasteiger partial charge in [-0.1, -0.05) is 43.3 Å². The lowest BCUT2D eigenvalue weighted by Crippen LogP contribution is -2.30. The van der Waals surface area contributed by atoms with Crippen molar-refractivity contribution in [2.24, 2.45) is 0 Å². The number of aromatic nitrogens is 3. The van der Waals surface area contributed by atoms with Crippen LogP contribution in [0.2, 0.25) is 5.02 Å². The van der Waals surface area contributed by atoms with Crippen molar-refractivity contribution in [3.63, 3.8) is 0 Å². The van der Waals surface area contributed by atoms with Gasteiger partial charge in [0.25, 0.3) is 5.22 Å². The fourth-order valence-corrected chi connectivity index (χ4v) is 4.82. The van der Waals surface area contributed by atoms with Gasteiger partial charge in [0, 0.05) is 24.8 Å². The van der Waals surface area contributed by atoms with Gasteiger partial charge in [0.2, 0.25) is 21.8 Å². The Balaban J connectivity index is 1.67. The number of nitrogens with one attached hydrogen (secondary N) is 1. The summed E-state index contributed by atoms with van der Waals surface area (Å²) in [6.07, 6.45) is 1.43. The largest absolute Gasteiger partial charge is 0.411 e. The Labute approximate surface area is 189 Å². The zero-order valence-electron chi connectivity index (χ0n) is 16.8. The summed E-state index contributed by atoms with van der Waals surface area (Å²) in [5.74, 6) is 0.278. The fourth-order valence-electron chi connectivity index (χ4n) is 2.64. The molecule has 0 aliphatic rings. The normalized spacial score (nSPS) is 11.6. The third-order valence-corrected chi connectivity index (χ3v) is 7.24. The Hall–Kier alpha value is -2.47. The van der Waals surface area contributed by atoms with Crippen LogP contribution in [0.15, 0.2) is 57.1 Å². The number of hydrogen-bond acceptors (Lipinski definition) is 8. The smallest absolute Gasteiger partial charge is 0.277 e. The summed E-state index contributed by atoms with van der Waals surface area (Å²) in [6.45, 7) is 4.31. The highest BCUT2D eigenvalue weighted by Crippen LogP contribution is 2.26. The summed E-state index contributed by atoms with van der Waals surface area (Å²) in [4.78, 5) is 16.2. The van der Waals surface area contributed by atoms with Crippen molar-refractivity contribution in [3.05, 3.63) is 47.6 Å². The van der Waals surface area contributed by atoms with Crippen molar-refractivity contribution < 1.29 is 17.6 Å². The SMILES string of the molecule is CCN(CC)S(=O)(=O)c1cccc(-c2nnc(SCC(=O)Nc3ccc(Cl)cn3)o2)c1. The predicted molar refractivity (Wildman–Crippen MR) is 118 cm³/mol. The molecule has 0 saturated carbocycles. The quantitative estimate of drug-likeness (QED) is 0.461. The van der Waals surface area contributed by atoms with E-state index < -0.39 is 10.0 Å². The molecule has 31 heavy (non-hydrogen) atoms. The average molecular weight is 482 g/mol. The lowest BCUT2D eigenvalue weighted by atomic mass is 10.2. The van der Waals surface area contributed by atoms with Crippen molar-refractivity contribution in [2.75, 3.05) is 24.2 Å². The van der Waals surface area contributed by atoms with Crippen LogP contribution in [0.3, 0.4) is 0 Å². The number of thioether (sulfide) groups is 1. The van der Waals surface area contributed by atoms with Crippen LogP contribution in [0.1, 0.15) is 13.8 Å². The molecular formula is C19H20ClN5O4S2. The highest BCUT2D eigenvalue weighted by molar-refractivity contribution is 7.99. The minimum atomic E-state index is -3.61. The van der Waals surface area contributed by atoms with Crippen LogP contribution >= 0.6 is 23.4 Å². The zero-order chi connectivity index (χ0) is 22.4. The highest BCUT2D eigenvalue weighted by atomic mass is 35.5. The van der Waals surface area contributed by atoms with Gasteiger partial charge in [0.1, 0.15) is 5.82 Å². The van der Waals surface area contributed by atoms with Crippen LogP contribution in [-0.4, -0.2) is 52.7 Å². The average Bonchev–Trinajstić information content (AvgIpc) is 3.24.